The van der Waals surface area contributed by atoms with E-state index >= 15 is 0 Å². The maximum atomic E-state index is 14.8. The number of carboxylic acids is 1. The molecule has 6 N–H and O–H groups in total. The number of carbonyl (C=O) groups is 4. The number of rotatable bonds is 10. The molecule has 0 saturated carbocycles. The summed E-state index contributed by atoms with van der Waals surface area (Å²) >= 11 is 0.808. The van der Waals surface area contributed by atoms with E-state index in [1.807, 2.05) is 0 Å². The van der Waals surface area contributed by atoms with Gasteiger partial charge < -0.3 is 25.9 Å². The normalized spacial score (nSPS) is 15.7. The summed E-state index contributed by atoms with van der Waals surface area (Å²) in [6, 6.07) is 8.10. The highest BCUT2D eigenvalue weighted by Crippen LogP contribution is 2.28. The van der Waals surface area contributed by atoms with Crippen molar-refractivity contribution in [2.24, 2.45) is 5.73 Å². The van der Waals surface area contributed by atoms with Crippen LogP contribution in [-0.4, -0.2) is 50.2 Å². The van der Waals surface area contributed by atoms with Crippen molar-refractivity contribution in [3.05, 3.63) is 82.5 Å². The molecule has 1 saturated heterocycles. The predicted molar refractivity (Wildman–Crippen MR) is 136 cm³/mol. The molecule has 0 bridgehead atoms. The van der Waals surface area contributed by atoms with Crippen LogP contribution in [0.5, 0.6) is 11.5 Å². The lowest BCUT2D eigenvalue weighted by molar-refractivity contribution is -0.142. The number of halogens is 1. The molecule has 3 amide bonds. The summed E-state index contributed by atoms with van der Waals surface area (Å²) in [7, 11) is 0. The maximum absolute atomic E-state index is 14.8. The number of aliphatic carboxylic acids is 1. The van der Waals surface area contributed by atoms with E-state index < -0.39 is 40.9 Å². The standard InChI is InChI=1S/C25H22FN5O6S/c26-18-10-17(37-16-4-1-13(2-5-16)7-21-23(33)31-25(36)38-21)6-3-14(18)8-20(24(34)35)30-22(32)19(27)9-15-11-28-12-29-15/h1-7,10-12,19-20H,8-9,27H2,(H,28,29)(H,30,32)(H,34,35)(H,31,33,36). The number of amides is 3. The number of nitrogens with zero attached hydrogens (tertiary/aromatic N) is 1. The van der Waals surface area contributed by atoms with Gasteiger partial charge in [0.1, 0.15) is 23.4 Å². The summed E-state index contributed by atoms with van der Waals surface area (Å²) in [4.78, 5) is 54.0. The van der Waals surface area contributed by atoms with Crippen molar-refractivity contribution in [3.63, 3.8) is 0 Å². The number of thioether (sulfide) groups is 1. The van der Waals surface area contributed by atoms with Crippen LogP contribution in [0, 0.1) is 5.82 Å². The van der Waals surface area contributed by atoms with E-state index in [1.54, 1.807) is 36.5 Å². The summed E-state index contributed by atoms with van der Waals surface area (Å²) < 4.78 is 20.5. The molecule has 1 fully saturated rings. The second-order valence-electron chi connectivity index (χ2n) is 8.25. The summed E-state index contributed by atoms with van der Waals surface area (Å²) in [6.45, 7) is 0. The summed E-state index contributed by atoms with van der Waals surface area (Å²) in [5.74, 6) is -2.64. The lowest BCUT2D eigenvalue weighted by Crippen LogP contribution is -2.50. The third-order valence-corrected chi connectivity index (χ3v) is 6.25. The number of H-pyrrole nitrogens is 1. The Morgan fingerprint density at radius 1 is 1.16 bits per heavy atom. The number of ether oxygens (including phenoxy) is 1. The number of imide groups is 1. The number of hydrogen-bond acceptors (Lipinski definition) is 8. The molecule has 3 aromatic rings. The highest BCUT2D eigenvalue weighted by atomic mass is 32.2. The number of aromatic nitrogens is 2. The van der Waals surface area contributed by atoms with Crippen molar-refractivity contribution in [2.75, 3.05) is 0 Å². The molecule has 38 heavy (non-hydrogen) atoms. The van der Waals surface area contributed by atoms with Gasteiger partial charge in [-0.25, -0.2) is 14.2 Å². The molecule has 2 heterocycles. The van der Waals surface area contributed by atoms with Crippen molar-refractivity contribution in [2.45, 2.75) is 24.9 Å². The molecule has 2 atom stereocenters. The van der Waals surface area contributed by atoms with Gasteiger partial charge in [-0.15, -0.1) is 0 Å². The number of imidazole rings is 1. The molecule has 196 valence electrons. The van der Waals surface area contributed by atoms with Crippen LogP contribution in [0.3, 0.4) is 0 Å². The Bertz CT molecular complexity index is 1390. The van der Waals surface area contributed by atoms with Crippen molar-refractivity contribution >= 4 is 40.9 Å². The molecule has 0 radical (unpaired) electrons. The summed E-state index contributed by atoms with van der Waals surface area (Å²) in [5.41, 5.74) is 7.12. The minimum atomic E-state index is -1.40. The molecule has 0 spiro atoms. The van der Waals surface area contributed by atoms with Gasteiger partial charge in [0.25, 0.3) is 11.1 Å². The fourth-order valence-corrected chi connectivity index (χ4v) is 4.20. The van der Waals surface area contributed by atoms with Gasteiger partial charge in [-0.1, -0.05) is 18.2 Å². The Morgan fingerprint density at radius 3 is 2.50 bits per heavy atom. The van der Waals surface area contributed by atoms with E-state index in [9.17, 15) is 28.7 Å². The first kappa shape index (κ1) is 26.6. The second-order valence-corrected chi connectivity index (χ2v) is 9.27. The van der Waals surface area contributed by atoms with E-state index in [2.05, 4.69) is 20.6 Å². The molecule has 0 aliphatic carbocycles. The monoisotopic (exact) mass is 539 g/mol. The van der Waals surface area contributed by atoms with Gasteiger partial charge in [-0.3, -0.25) is 19.7 Å². The van der Waals surface area contributed by atoms with Gasteiger partial charge in [-0.05, 0) is 47.2 Å². The van der Waals surface area contributed by atoms with E-state index in [1.165, 1.54) is 18.5 Å². The van der Waals surface area contributed by atoms with E-state index in [4.69, 9.17) is 10.5 Å². The zero-order chi connectivity index (χ0) is 27.2. The van der Waals surface area contributed by atoms with Gasteiger partial charge in [0.05, 0.1) is 23.0 Å². The average Bonchev–Trinajstić information content (AvgIpc) is 3.49. The van der Waals surface area contributed by atoms with Gasteiger partial charge in [-0.2, -0.15) is 0 Å². The molecule has 11 nitrogen and oxygen atoms in total. The molecule has 2 unspecified atom stereocenters. The van der Waals surface area contributed by atoms with Crippen LogP contribution < -0.4 is 21.1 Å². The predicted octanol–water partition coefficient (Wildman–Crippen LogP) is 2.35. The molecule has 4 rings (SSSR count). The highest BCUT2D eigenvalue weighted by molar-refractivity contribution is 8.18. The van der Waals surface area contributed by atoms with Gasteiger partial charge >= 0.3 is 5.97 Å². The van der Waals surface area contributed by atoms with Gasteiger partial charge in [0, 0.05) is 25.1 Å². The largest absolute Gasteiger partial charge is 0.480 e. The highest BCUT2D eigenvalue weighted by Gasteiger charge is 2.26. The fourth-order valence-electron chi connectivity index (χ4n) is 3.52. The number of aromatic amines is 1. The van der Waals surface area contributed by atoms with Gasteiger partial charge in [0.2, 0.25) is 5.91 Å². The first-order chi connectivity index (χ1) is 18.2. The number of hydrogen-bond donors (Lipinski definition) is 5. The minimum Gasteiger partial charge on any atom is -0.480 e. The molecule has 1 aromatic heterocycles. The number of carbonyl (C=O) groups excluding carboxylic acids is 3. The number of nitrogens with one attached hydrogen (secondary N) is 3. The Morgan fingerprint density at radius 2 is 1.89 bits per heavy atom. The van der Waals surface area contributed by atoms with Crippen LogP contribution in [0.2, 0.25) is 0 Å². The smallest absolute Gasteiger partial charge is 0.326 e. The fraction of sp³-hybridized carbons (Fsp3) is 0.160. The first-order valence-electron chi connectivity index (χ1n) is 11.3. The van der Waals surface area contributed by atoms with Crippen LogP contribution >= 0.6 is 11.8 Å². The SMILES string of the molecule is NC(Cc1c[nH]cn1)C(=O)NC(Cc1ccc(Oc2ccc(C=C3SC(=O)NC3=O)cc2)cc1F)C(=O)O. The zero-order valence-electron chi connectivity index (χ0n) is 19.6. The number of nitrogens with two attached hydrogens (primary N) is 1. The maximum Gasteiger partial charge on any atom is 0.326 e. The third-order valence-electron chi connectivity index (χ3n) is 5.44. The van der Waals surface area contributed by atoms with Crippen LogP contribution in [0.1, 0.15) is 16.8 Å². The summed E-state index contributed by atoms with van der Waals surface area (Å²) in [5, 5.41) is 13.6. The Balaban J connectivity index is 1.37. The zero-order valence-corrected chi connectivity index (χ0v) is 20.5. The van der Waals surface area contributed by atoms with E-state index in [0.717, 1.165) is 17.8 Å². The quantitative estimate of drug-likeness (QED) is 0.242. The Kier molecular flexibility index (Phi) is 8.19. The van der Waals surface area contributed by atoms with E-state index in [0.29, 0.717) is 17.0 Å². The van der Waals surface area contributed by atoms with Crippen LogP contribution in [0.25, 0.3) is 6.08 Å². The van der Waals surface area contributed by atoms with Crippen molar-refractivity contribution in [1.29, 1.82) is 0 Å². The molecule has 1 aliphatic heterocycles. The Hall–Kier alpha value is -4.49. The number of benzene rings is 2. The average molecular weight is 540 g/mol. The third kappa shape index (κ3) is 6.83. The molecular formula is C25H22FN5O6S. The van der Waals surface area contributed by atoms with Crippen molar-refractivity contribution in [3.8, 4) is 11.5 Å². The minimum absolute atomic E-state index is 0.0646. The van der Waals surface area contributed by atoms with Crippen molar-refractivity contribution < 1.29 is 33.4 Å². The first-order valence-corrected chi connectivity index (χ1v) is 12.1. The summed E-state index contributed by atoms with van der Waals surface area (Å²) in [6.07, 6.45) is 4.37. The van der Waals surface area contributed by atoms with Crippen LogP contribution in [0.4, 0.5) is 9.18 Å². The molecule has 2 aromatic carbocycles. The van der Waals surface area contributed by atoms with Crippen LogP contribution in [0.15, 0.2) is 59.9 Å². The van der Waals surface area contributed by atoms with Crippen molar-refractivity contribution in [1.82, 2.24) is 20.6 Å². The molecule has 1 aliphatic rings. The number of carboxylic acid groups (broad SMARTS) is 1. The molecular weight excluding hydrogens is 517 g/mol. The van der Waals surface area contributed by atoms with Crippen LogP contribution in [-0.2, 0) is 27.2 Å². The topological polar surface area (TPSA) is 176 Å². The Labute approximate surface area is 219 Å². The van der Waals surface area contributed by atoms with E-state index in [-0.39, 0.29) is 29.1 Å². The second kappa shape index (κ2) is 11.7. The lowest BCUT2D eigenvalue weighted by atomic mass is 10.0. The lowest BCUT2D eigenvalue weighted by Gasteiger charge is -2.18. The molecule has 13 heteroatoms. The van der Waals surface area contributed by atoms with Gasteiger partial charge in [0.15, 0.2) is 0 Å².